The van der Waals surface area contributed by atoms with Gasteiger partial charge in [-0.25, -0.2) is 8.42 Å². The predicted molar refractivity (Wildman–Crippen MR) is 111 cm³/mol. The van der Waals surface area contributed by atoms with Crippen molar-refractivity contribution >= 4 is 33.2 Å². The number of piperazine rings is 1. The van der Waals surface area contributed by atoms with Crippen molar-refractivity contribution in [3.63, 3.8) is 0 Å². The molecule has 1 aromatic carbocycles. The van der Waals surface area contributed by atoms with E-state index in [0.29, 0.717) is 37.7 Å². The summed E-state index contributed by atoms with van der Waals surface area (Å²) < 4.78 is 29.3. The minimum atomic E-state index is -3.86. The Hall–Kier alpha value is -2.10. The Morgan fingerprint density at radius 2 is 1.86 bits per heavy atom. The lowest BCUT2D eigenvalue weighted by Gasteiger charge is -2.35. The van der Waals surface area contributed by atoms with Gasteiger partial charge in [-0.3, -0.25) is 9.48 Å². The van der Waals surface area contributed by atoms with Gasteiger partial charge in [0.25, 0.3) is 15.9 Å². The van der Waals surface area contributed by atoms with E-state index < -0.39 is 10.0 Å². The molecule has 8 nitrogen and oxygen atoms in total. The lowest BCUT2D eigenvalue weighted by molar-refractivity contribution is 0.0872. The van der Waals surface area contributed by atoms with Crippen LogP contribution in [0.25, 0.3) is 0 Å². The zero-order valence-corrected chi connectivity index (χ0v) is 18.2. The van der Waals surface area contributed by atoms with Crippen molar-refractivity contribution in [2.75, 3.05) is 37.6 Å². The molecule has 156 valence electrons. The van der Waals surface area contributed by atoms with E-state index in [1.54, 1.807) is 11.9 Å². The Balaban J connectivity index is 1.54. The second-order valence-electron chi connectivity index (χ2n) is 7.65. The maximum absolute atomic E-state index is 13.3. The predicted octanol–water partition coefficient (Wildman–Crippen LogP) is 1.74. The monoisotopic (exact) mass is 437 g/mol. The number of nitrogens with zero attached hydrogens (tertiary/aromatic N) is 5. The van der Waals surface area contributed by atoms with Crippen LogP contribution in [0.2, 0.25) is 5.02 Å². The number of anilines is 1. The van der Waals surface area contributed by atoms with Crippen LogP contribution in [0.1, 0.15) is 22.8 Å². The smallest absolute Gasteiger partial charge is 0.263 e. The third kappa shape index (κ3) is 3.74. The molecule has 1 unspecified atom stereocenters. The number of carbonyl (C=O) groups excluding carboxylic acids is 1. The molecule has 3 heterocycles. The average Bonchev–Trinajstić information content (AvgIpc) is 3.28. The SMILES string of the molecule is Cc1ccc(Cl)cc1N1CCN(S(=O)(=O)c2nn(C)cc2C(=O)N2CC2C)CC1. The molecule has 1 aromatic heterocycles. The first-order valence-electron chi connectivity index (χ1n) is 9.54. The van der Waals surface area contributed by atoms with Crippen LogP contribution in [-0.2, 0) is 17.1 Å². The third-order valence-electron chi connectivity index (χ3n) is 5.48. The van der Waals surface area contributed by atoms with Crippen LogP contribution in [0, 0.1) is 6.92 Å². The van der Waals surface area contributed by atoms with Crippen molar-refractivity contribution in [1.29, 1.82) is 0 Å². The second-order valence-corrected chi connectivity index (χ2v) is 9.94. The van der Waals surface area contributed by atoms with Crippen molar-refractivity contribution in [2.24, 2.45) is 7.05 Å². The Morgan fingerprint density at radius 1 is 1.21 bits per heavy atom. The van der Waals surface area contributed by atoms with Crippen molar-refractivity contribution in [3.8, 4) is 0 Å². The highest BCUT2D eigenvalue weighted by Crippen LogP contribution is 2.28. The zero-order chi connectivity index (χ0) is 20.9. The number of rotatable bonds is 4. The molecule has 0 radical (unpaired) electrons. The number of hydrogen-bond donors (Lipinski definition) is 0. The number of halogens is 1. The molecule has 1 atom stereocenters. The third-order valence-corrected chi connectivity index (χ3v) is 7.55. The lowest BCUT2D eigenvalue weighted by atomic mass is 10.1. The maximum atomic E-state index is 13.3. The number of hydrogen-bond acceptors (Lipinski definition) is 5. The molecule has 2 fully saturated rings. The van der Waals surface area contributed by atoms with Gasteiger partial charge < -0.3 is 9.80 Å². The van der Waals surface area contributed by atoms with Gasteiger partial charge in [-0.05, 0) is 31.5 Å². The molecule has 0 aliphatic carbocycles. The topological polar surface area (TPSA) is 78.5 Å². The van der Waals surface area contributed by atoms with Crippen LogP contribution < -0.4 is 4.90 Å². The fourth-order valence-electron chi connectivity index (χ4n) is 3.70. The summed E-state index contributed by atoms with van der Waals surface area (Å²) in [7, 11) is -2.24. The summed E-state index contributed by atoms with van der Waals surface area (Å²) in [6.45, 7) is 6.30. The highest BCUT2D eigenvalue weighted by Gasteiger charge is 2.40. The molecule has 10 heteroatoms. The highest BCUT2D eigenvalue weighted by molar-refractivity contribution is 7.89. The zero-order valence-electron chi connectivity index (χ0n) is 16.7. The standard InChI is InChI=1S/C19H24ClN5O3S/c1-13-4-5-15(20)10-17(13)23-6-8-24(9-7-23)29(27,28)18-16(12-22(3)21-18)19(26)25-11-14(25)2/h4-5,10,12,14H,6-9,11H2,1-3H3. The number of carbonyl (C=O) groups is 1. The van der Waals surface area contributed by atoms with Crippen molar-refractivity contribution in [3.05, 3.63) is 40.5 Å². The molecule has 4 rings (SSSR count). The Labute approximate surface area is 175 Å². The summed E-state index contributed by atoms with van der Waals surface area (Å²) in [5.41, 5.74) is 2.25. The summed E-state index contributed by atoms with van der Waals surface area (Å²) in [6, 6.07) is 5.85. The first-order valence-corrected chi connectivity index (χ1v) is 11.4. The van der Waals surface area contributed by atoms with Gasteiger partial charge in [0.2, 0.25) is 5.03 Å². The van der Waals surface area contributed by atoms with E-state index in [0.717, 1.165) is 11.3 Å². The van der Waals surface area contributed by atoms with Gasteiger partial charge >= 0.3 is 0 Å². The van der Waals surface area contributed by atoms with Crippen LogP contribution in [0.5, 0.6) is 0 Å². The molecule has 1 amide bonds. The van der Waals surface area contributed by atoms with Crippen molar-refractivity contribution < 1.29 is 13.2 Å². The van der Waals surface area contributed by atoms with Crippen LogP contribution in [0.3, 0.4) is 0 Å². The van der Waals surface area contributed by atoms with E-state index in [9.17, 15) is 13.2 Å². The molecule has 2 aliphatic heterocycles. The van der Waals surface area contributed by atoms with Gasteiger partial charge in [0.1, 0.15) is 0 Å². The van der Waals surface area contributed by atoms with Crippen LogP contribution in [0.15, 0.2) is 29.4 Å². The quantitative estimate of drug-likeness (QED) is 0.681. The molecule has 0 N–H and O–H groups in total. The number of aryl methyl sites for hydroxylation is 2. The number of aromatic nitrogens is 2. The van der Waals surface area contributed by atoms with Crippen LogP contribution in [0.4, 0.5) is 5.69 Å². The van der Waals surface area contributed by atoms with Gasteiger partial charge in [-0.15, -0.1) is 0 Å². The Bertz CT molecular complexity index is 1060. The van der Waals surface area contributed by atoms with Gasteiger partial charge in [0.05, 0.1) is 5.56 Å². The molecular weight excluding hydrogens is 414 g/mol. The molecule has 2 aromatic rings. The molecule has 0 saturated carbocycles. The highest BCUT2D eigenvalue weighted by atomic mass is 35.5. The Kier molecular flexibility index (Phi) is 5.08. The largest absolute Gasteiger partial charge is 0.369 e. The van der Waals surface area contributed by atoms with E-state index in [1.165, 1.54) is 15.2 Å². The molecule has 2 aliphatic rings. The summed E-state index contributed by atoms with van der Waals surface area (Å²) in [6.07, 6.45) is 1.49. The molecule has 0 spiro atoms. The molecular formula is C19H24ClN5O3S. The fraction of sp³-hybridized carbons (Fsp3) is 0.474. The number of benzene rings is 1. The molecule has 29 heavy (non-hydrogen) atoms. The maximum Gasteiger partial charge on any atom is 0.263 e. The van der Waals surface area contributed by atoms with Gasteiger partial charge in [-0.1, -0.05) is 17.7 Å². The van der Waals surface area contributed by atoms with E-state index in [1.807, 2.05) is 32.0 Å². The van der Waals surface area contributed by atoms with E-state index in [2.05, 4.69) is 10.00 Å². The minimum Gasteiger partial charge on any atom is -0.369 e. The second kappa shape index (κ2) is 7.30. The fourth-order valence-corrected chi connectivity index (χ4v) is 5.40. The average molecular weight is 438 g/mol. The number of sulfonamides is 1. The van der Waals surface area contributed by atoms with Gasteiger partial charge in [0.15, 0.2) is 0 Å². The minimum absolute atomic E-state index is 0.141. The Morgan fingerprint density at radius 3 is 2.48 bits per heavy atom. The summed E-state index contributed by atoms with van der Waals surface area (Å²) in [5, 5.41) is 4.62. The summed E-state index contributed by atoms with van der Waals surface area (Å²) in [5.74, 6) is -0.280. The first-order chi connectivity index (χ1) is 13.7. The summed E-state index contributed by atoms with van der Waals surface area (Å²) in [4.78, 5) is 16.4. The van der Waals surface area contributed by atoms with Gasteiger partial charge in [0, 0.05) is 62.7 Å². The van der Waals surface area contributed by atoms with Gasteiger partial charge in [-0.2, -0.15) is 9.40 Å². The van der Waals surface area contributed by atoms with E-state index >= 15 is 0 Å². The number of amides is 1. The molecule has 0 bridgehead atoms. The summed E-state index contributed by atoms with van der Waals surface area (Å²) >= 11 is 6.13. The first kappa shape index (κ1) is 20.2. The normalized spacial score (nSPS) is 20.2. The van der Waals surface area contributed by atoms with Crippen molar-refractivity contribution in [2.45, 2.75) is 24.9 Å². The van der Waals surface area contributed by atoms with Crippen LogP contribution >= 0.6 is 11.6 Å². The van der Waals surface area contributed by atoms with E-state index in [4.69, 9.17) is 11.6 Å². The van der Waals surface area contributed by atoms with E-state index in [-0.39, 0.29) is 22.5 Å². The van der Waals surface area contributed by atoms with Crippen molar-refractivity contribution in [1.82, 2.24) is 19.0 Å². The molecule has 2 saturated heterocycles. The van der Waals surface area contributed by atoms with Crippen LogP contribution in [-0.4, -0.2) is 72.1 Å². The lowest BCUT2D eigenvalue weighted by Crippen LogP contribution is -2.49.